The molecule has 6 nitrogen and oxygen atoms in total. The van der Waals surface area contributed by atoms with E-state index in [0.29, 0.717) is 24.1 Å². The molecule has 1 aromatic carbocycles. The lowest BCUT2D eigenvalue weighted by Crippen LogP contribution is -2.32. The standard InChI is InChI=1S/C22H23N3O3S/c26-21(25(15-19-12-7-13-27-19)18-10-5-2-6-11-18)16-29-22-24-23-20(28-22)14-17-8-3-1-4-9-17/h1,3-4,7-10,12-13H,2,5-6,11,14-16H2. The van der Waals surface area contributed by atoms with Crippen molar-refractivity contribution in [2.45, 2.75) is 43.9 Å². The molecule has 0 N–H and O–H groups in total. The Morgan fingerprint density at radius 3 is 2.76 bits per heavy atom. The Bertz CT molecular complexity index is 951. The van der Waals surface area contributed by atoms with Gasteiger partial charge in [0.15, 0.2) is 0 Å². The molecule has 2 heterocycles. The van der Waals surface area contributed by atoms with E-state index >= 15 is 0 Å². The Labute approximate surface area is 174 Å². The van der Waals surface area contributed by atoms with Crippen LogP contribution in [0.15, 0.2) is 74.6 Å². The summed E-state index contributed by atoms with van der Waals surface area (Å²) < 4.78 is 11.2. The fraction of sp³-hybridized carbons (Fsp3) is 0.318. The molecule has 1 aliphatic rings. The molecule has 0 radical (unpaired) electrons. The molecule has 0 spiro atoms. The predicted octanol–water partition coefficient (Wildman–Crippen LogP) is 4.83. The molecule has 0 aliphatic heterocycles. The van der Waals surface area contributed by atoms with Crippen molar-refractivity contribution in [3.8, 4) is 0 Å². The summed E-state index contributed by atoms with van der Waals surface area (Å²) >= 11 is 1.28. The maximum atomic E-state index is 13.0. The minimum Gasteiger partial charge on any atom is -0.467 e. The summed E-state index contributed by atoms with van der Waals surface area (Å²) in [6.45, 7) is 0.446. The lowest BCUT2D eigenvalue weighted by atomic mass is 10.0. The highest BCUT2D eigenvalue weighted by Gasteiger charge is 2.22. The van der Waals surface area contributed by atoms with E-state index in [0.717, 1.165) is 36.3 Å². The number of allylic oxidation sites excluding steroid dienone is 2. The lowest BCUT2D eigenvalue weighted by Gasteiger charge is -2.26. The number of aromatic nitrogens is 2. The Balaban J connectivity index is 1.38. The molecule has 0 fully saturated rings. The number of carbonyl (C=O) groups is 1. The molecule has 29 heavy (non-hydrogen) atoms. The number of benzene rings is 1. The quantitative estimate of drug-likeness (QED) is 0.496. The summed E-state index contributed by atoms with van der Waals surface area (Å²) in [6, 6.07) is 13.7. The van der Waals surface area contributed by atoms with Gasteiger partial charge in [-0.3, -0.25) is 4.79 Å². The average Bonchev–Trinajstić information content (AvgIpc) is 3.44. The van der Waals surface area contributed by atoms with Crippen LogP contribution in [0.4, 0.5) is 0 Å². The molecule has 0 saturated heterocycles. The van der Waals surface area contributed by atoms with E-state index in [1.165, 1.54) is 18.2 Å². The van der Waals surface area contributed by atoms with Crippen LogP contribution in [-0.2, 0) is 17.8 Å². The van der Waals surface area contributed by atoms with Crippen molar-refractivity contribution in [1.29, 1.82) is 0 Å². The molecule has 0 bridgehead atoms. The van der Waals surface area contributed by atoms with Gasteiger partial charge in [0, 0.05) is 5.70 Å². The molecule has 7 heteroatoms. The predicted molar refractivity (Wildman–Crippen MR) is 110 cm³/mol. The zero-order chi connectivity index (χ0) is 19.9. The third-order valence-corrected chi connectivity index (χ3v) is 5.58. The van der Waals surface area contributed by atoms with E-state index in [1.54, 1.807) is 6.26 Å². The van der Waals surface area contributed by atoms with Crippen LogP contribution < -0.4 is 0 Å². The van der Waals surface area contributed by atoms with Crippen LogP contribution in [0.3, 0.4) is 0 Å². The zero-order valence-electron chi connectivity index (χ0n) is 16.1. The molecule has 0 unspecified atom stereocenters. The monoisotopic (exact) mass is 409 g/mol. The minimum absolute atomic E-state index is 0.0161. The van der Waals surface area contributed by atoms with Gasteiger partial charge in [0.2, 0.25) is 11.8 Å². The average molecular weight is 410 g/mol. The van der Waals surface area contributed by atoms with Crippen LogP contribution >= 0.6 is 11.8 Å². The maximum absolute atomic E-state index is 13.0. The van der Waals surface area contributed by atoms with Crippen molar-refractivity contribution < 1.29 is 13.6 Å². The van der Waals surface area contributed by atoms with Crippen LogP contribution in [-0.4, -0.2) is 26.8 Å². The minimum atomic E-state index is 0.0161. The van der Waals surface area contributed by atoms with Gasteiger partial charge in [-0.15, -0.1) is 10.2 Å². The van der Waals surface area contributed by atoms with Gasteiger partial charge >= 0.3 is 0 Å². The van der Waals surface area contributed by atoms with Gasteiger partial charge in [0.25, 0.3) is 5.22 Å². The number of carbonyl (C=O) groups excluding carboxylic acids is 1. The van der Waals surface area contributed by atoms with E-state index in [-0.39, 0.29) is 11.7 Å². The smallest absolute Gasteiger partial charge is 0.277 e. The van der Waals surface area contributed by atoms with E-state index in [2.05, 4.69) is 16.3 Å². The van der Waals surface area contributed by atoms with Gasteiger partial charge in [-0.2, -0.15) is 0 Å². The second kappa shape index (κ2) is 9.60. The number of rotatable bonds is 8. The normalized spacial score (nSPS) is 13.9. The van der Waals surface area contributed by atoms with Crippen molar-refractivity contribution in [2.24, 2.45) is 0 Å². The van der Waals surface area contributed by atoms with E-state index in [9.17, 15) is 4.79 Å². The van der Waals surface area contributed by atoms with Crippen molar-refractivity contribution in [2.75, 3.05) is 5.75 Å². The maximum Gasteiger partial charge on any atom is 0.277 e. The molecule has 1 amide bonds. The summed E-state index contributed by atoms with van der Waals surface area (Å²) in [5, 5.41) is 8.59. The molecule has 0 atom stereocenters. The largest absolute Gasteiger partial charge is 0.467 e. The number of hydrogen-bond acceptors (Lipinski definition) is 6. The van der Waals surface area contributed by atoms with E-state index < -0.39 is 0 Å². The van der Waals surface area contributed by atoms with Gasteiger partial charge in [-0.1, -0.05) is 48.2 Å². The summed E-state index contributed by atoms with van der Waals surface area (Å²) in [5.41, 5.74) is 2.19. The molecular weight excluding hydrogens is 386 g/mol. The topological polar surface area (TPSA) is 72.4 Å². The fourth-order valence-corrected chi connectivity index (χ4v) is 3.97. The lowest BCUT2D eigenvalue weighted by molar-refractivity contribution is -0.127. The van der Waals surface area contributed by atoms with E-state index in [1.807, 2.05) is 47.4 Å². The highest BCUT2D eigenvalue weighted by atomic mass is 32.2. The zero-order valence-corrected chi connectivity index (χ0v) is 16.9. The first-order valence-corrected chi connectivity index (χ1v) is 10.8. The first-order chi connectivity index (χ1) is 14.3. The first kappa shape index (κ1) is 19.5. The second-order valence-corrected chi connectivity index (χ2v) is 7.84. The Morgan fingerprint density at radius 2 is 2.00 bits per heavy atom. The summed E-state index contributed by atoms with van der Waals surface area (Å²) in [7, 11) is 0. The molecule has 0 saturated carbocycles. The summed E-state index contributed by atoms with van der Waals surface area (Å²) in [6.07, 6.45) is 8.59. The Kier molecular flexibility index (Phi) is 6.46. The molecular formula is C22H23N3O3S. The molecule has 2 aromatic heterocycles. The van der Waals surface area contributed by atoms with Gasteiger partial charge in [0.05, 0.1) is 25.0 Å². The summed E-state index contributed by atoms with van der Waals surface area (Å²) in [5.74, 6) is 1.58. The molecule has 150 valence electrons. The number of hydrogen-bond donors (Lipinski definition) is 0. The van der Waals surface area contributed by atoms with Crippen LogP contribution in [0.25, 0.3) is 0 Å². The number of nitrogens with zero attached hydrogens (tertiary/aromatic N) is 3. The Morgan fingerprint density at radius 1 is 1.10 bits per heavy atom. The Hall–Kier alpha value is -2.80. The van der Waals surface area contributed by atoms with Gasteiger partial charge in [0.1, 0.15) is 5.76 Å². The molecule has 3 aromatic rings. The molecule has 4 rings (SSSR count). The molecule has 1 aliphatic carbocycles. The first-order valence-electron chi connectivity index (χ1n) is 9.79. The van der Waals surface area contributed by atoms with Crippen molar-refractivity contribution in [1.82, 2.24) is 15.1 Å². The van der Waals surface area contributed by atoms with E-state index in [4.69, 9.17) is 8.83 Å². The van der Waals surface area contributed by atoms with Crippen molar-refractivity contribution in [3.05, 3.63) is 77.7 Å². The third-order valence-electron chi connectivity index (χ3n) is 4.77. The van der Waals surface area contributed by atoms with Crippen LogP contribution in [0.1, 0.15) is 42.9 Å². The van der Waals surface area contributed by atoms with Crippen LogP contribution in [0.2, 0.25) is 0 Å². The van der Waals surface area contributed by atoms with Crippen molar-refractivity contribution >= 4 is 17.7 Å². The SMILES string of the molecule is O=C(CSc1nnc(Cc2ccccc2)o1)N(Cc1ccco1)C1=CCCCC1. The fourth-order valence-electron chi connectivity index (χ4n) is 3.31. The third kappa shape index (κ3) is 5.38. The van der Waals surface area contributed by atoms with Gasteiger partial charge < -0.3 is 13.7 Å². The highest BCUT2D eigenvalue weighted by molar-refractivity contribution is 7.99. The van der Waals surface area contributed by atoms with Gasteiger partial charge in [-0.25, -0.2) is 0 Å². The van der Waals surface area contributed by atoms with Crippen LogP contribution in [0.5, 0.6) is 0 Å². The highest BCUT2D eigenvalue weighted by Crippen LogP contribution is 2.25. The number of furan rings is 1. The van der Waals surface area contributed by atoms with Crippen molar-refractivity contribution in [3.63, 3.8) is 0 Å². The number of thioether (sulfide) groups is 1. The second-order valence-electron chi connectivity index (χ2n) is 6.91. The number of amides is 1. The van der Waals surface area contributed by atoms with Crippen LogP contribution in [0, 0.1) is 0 Å². The summed E-state index contributed by atoms with van der Waals surface area (Å²) in [4.78, 5) is 14.8. The van der Waals surface area contributed by atoms with Gasteiger partial charge in [-0.05, 0) is 43.4 Å².